The lowest BCUT2D eigenvalue weighted by Gasteiger charge is -2.25. The van der Waals surface area contributed by atoms with Gasteiger partial charge in [-0.05, 0) is 35.1 Å². The molecule has 0 spiro atoms. The topological polar surface area (TPSA) is 48.6 Å². The van der Waals surface area contributed by atoms with E-state index in [1.807, 2.05) is 42.6 Å². The number of benzene rings is 2. The number of hydrogen-bond donors (Lipinski definition) is 0. The molecular weight excluding hydrogens is 414 g/mol. The van der Waals surface area contributed by atoms with Gasteiger partial charge >= 0.3 is 5.97 Å². The van der Waals surface area contributed by atoms with Gasteiger partial charge in [-0.1, -0.05) is 68.4 Å². The molecule has 5 nitrogen and oxygen atoms in total. The summed E-state index contributed by atoms with van der Waals surface area (Å²) >= 11 is 0. The molecule has 1 unspecified atom stereocenters. The second kappa shape index (κ2) is 12.3. The van der Waals surface area contributed by atoms with Gasteiger partial charge < -0.3 is 14.2 Å². The van der Waals surface area contributed by atoms with Gasteiger partial charge in [-0.2, -0.15) is 0 Å². The van der Waals surface area contributed by atoms with Crippen molar-refractivity contribution in [3.8, 4) is 11.1 Å². The fourth-order valence-corrected chi connectivity index (χ4v) is 3.79. The van der Waals surface area contributed by atoms with E-state index in [-0.39, 0.29) is 12.1 Å². The van der Waals surface area contributed by atoms with Crippen LogP contribution in [0.25, 0.3) is 11.1 Å². The predicted molar refractivity (Wildman–Crippen MR) is 129 cm³/mol. The van der Waals surface area contributed by atoms with Gasteiger partial charge in [0, 0.05) is 18.7 Å². The van der Waals surface area contributed by atoms with Crippen molar-refractivity contribution < 1.29 is 23.6 Å². The van der Waals surface area contributed by atoms with Gasteiger partial charge in [0.15, 0.2) is 25.0 Å². The van der Waals surface area contributed by atoms with Crippen LogP contribution in [-0.2, 0) is 25.5 Å². The van der Waals surface area contributed by atoms with Crippen LogP contribution < -0.4 is 4.57 Å². The summed E-state index contributed by atoms with van der Waals surface area (Å²) in [6.07, 6.45) is 3.76. The molecule has 0 amide bonds. The number of nitrogens with zero attached hydrogens (tertiary/aromatic N) is 1. The van der Waals surface area contributed by atoms with Crippen LogP contribution >= 0.6 is 0 Å². The predicted octanol–water partition coefficient (Wildman–Crippen LogP) is 4.98. The molecule has 0 aliphatic carbocycles. The number of esters is 1. The number of pyridine rings is 1. The lowest BCUT2D eigenvalue weighted by molar-refractivity contribution is -0.697. The molecule has 0 bridgehead atoms. The molecular formula is C28H34NO4+. The number of carbonyl (C=O) groups excluding carboxylic acids is 1. The second-order valence-electron chi connectivity index (χ2n) is 8.51. The zero-order chi connectivity index (χ0) is 23.6. The van der Waals surface area contributed by atoms with Crippen molar-refractivity contribution >= 4 is 5.97 Å². The minimum Gasteiger partial charge on any atom is -0.467 e. The molecule has 3 rings (SSSR count). The van der Waals surface area contributed by atoms with Crippen molar-refractivity contribution in [3.05, 3.63) is 90.3 Å². The summed E-state index contributed by atoms with van der Waals surface area (Å²) < 4.78 is 18.7. The third-order valence-electron chi connectivity index (χ3n) is 5.51. The van der Waals surface area contributed by atoms with Gasteiger partial charge in [-0.3, -0.25) is 0 Å². The van der Waals surface area contributed by atoms with Gasteiger partial charge in [-0.15, -0.1) is 0 Å². The number of ether oxygens (including phenoxy) is 3. The highest BCUT2D eigenvalue weighted by Crippen LogP contribution is 2.31. The average molecular weight is 449 g/mol. The third kappa shape index (κ3) is 6.98. The van der Waals surface area contributed by atoms with Crippen molar-refractivity contribution in [2.45, 2.75) is 39.0 Å². The Hall–Kier alpha value is -3.02. The van der Waals surface area contributed by atoms with E-state index in [1.54, 1.807) is 7.11 Å². The maximum Gasteiger partial charge on any atom is 0.335 e. The van der Waals surface area contributed by atoms with Gasteiger partial charge in [0.1, 0.15) is 12.7 Å². The van der Waals surface area contributed by atoms with Crippen LogP contribution in [0.4, 0.5) is 0 Å². The smallest absolute Gasteiger partial charge is 0.335 e. The lowest BCUT2D eigenvalue weighted by Crippen LogP contribution is -2.35. The minimum absolute atomic E-state index is 0.302. The molecule has 2 aromatic carbocycles. The quantitative estimate of drug-likeness (QED) is 0.307. The second-order valence-corrected chi connectivity index (χ2v) is 8.51. The highest BCUT2D eigenvalue weighted by atomic mass is 16.6. The first-order valence-corrected chi connectivity index (χ1v) is 11.4. The molecule has 0 fully saturated rings. The van der Waals surface area contributed by atoms with E-state index in [9.17, 15) is 4.79 Å². The zero-order valence-electron chi connectivity index (χ0n) is 19.9. The normalized spacial score (nSPS) is 13.0. The van der Waals surface area contributed by atoms with Crippen molar-refractivity contribution in [2.24, 2.45) is 5.92 Å². The Morgan fingerprint density at radius 2 is 1.58 bits per heavy atom. The number of methoxy groups -OCH3 is 2. The van der Waals surface area contributed by atoms with Crippen LogP contribution in [0.2, 0.25) is 0 Å². The molecule has 0 saturated heterocycles. The lowest BCUT2D eigenvalue weighted by atomic mass is 9.97. The summed E-state index contributed by atoms with van der Waals surface area (Å²) in [6.45, 7) is 5.62. The van der Waals surface area contributed by atoms with Crippen LogP contribution in [0.15, 0.2) is 79.1 Å². The fourth-order valence-electron chi connectivity index (χ4n) is 3.79. The maximum absolute atomic E-state index is 12.4. The SMILES string of the molecule is COCC[n+]1cccc(-c2ccc(C(O[C@@H](CC(C)C)C(=O)OC)c3ccccc3)cc2)c1. The Labute approximate surface area is 196 Å². The Bertz CT molecular complexity index is 1000. The molecule has 5 heteroatoms. The number of hydrogen-bond acceptors (Lipinski definition) is 4. The first-order valence-electron chi connectivity index (χ1n) is 11.4. The summed E-state index contributed by atoms with van der Waals surface area (Å²) in [7, 11) is 3.12. The summed E-state index contributed by atoms with van der Waals surface area (Å²) in [5, 5.41) is 0. The molecule has 0 aliphatic heterocycles. The van der Waals surface area contributed by atoms with Crippen molar-refractivity contribution in [1.82, 2.24) is 0 Å². The first-order chi connectivity index (χ1) is 16.0. The highest BCUT2D eigenvalue weighted by Gasteiger charge is 2.27. The molecule has 0 radical (unpaired) electrons. The van der Waals surface area contributed by atoms with Crippen LogP contribution in [-0.4, -0.2) is 32.9 Å². The number of rotatable bonds is 11. The Morgan fingerprint density at radius 3 is 2.21 bits per heavy atom. The van der Waals surface area contributed by atoms with Crippen LogP contribution in [0.1, 0.15) is 37.5 Å². The molecule has 33 heavy (non-hydrogen) atoms. The Kier molecular flexibility index (Phi) is 9.16. The van der Waals surface area contributed by atoms with Crippen molar-refractivity contribution in [3.63, 3.8) is 0 Å². The Balaban J connectivity index is 1.89. The highest BCUT2D eigenvalue weighted by molar-refractivity contribution is 5.74. The molecule has 1 aromatic heterocycles. The molecule has 1 heterocycles. The third-order valence-corrected chi connectivity index (χ3v) is 5.51. The number of carbonyl (C=O) groups is 1. The summed E-state index contributed by atoms with van der Waals surface area (Å²) in [6, 6.07) is 22.5. The molecule has 3 aromatic rings. The molecule has 0 saturated carbocycles. The van der Waals surface area contributed by atoms with E-state index >= 15 is 0 Å². The van der Waals surface area contributed by atoms with Gasteiger partial charge in [0.05, 0.1) is 7.11 Å². The maximum atomic E-state index is 12.4. The minimum atomic E-state index is -0.631. The van der Waals surface area contributed by atoms with E-state index in [4.69, 9.17) is 14.2 Å². The molecule has 0 N–H and O–H groups in total. The van der Waals surface area contributed by atoms with E-state index < -0.39 is 6.10 Å². The van der Waals surface area contributed by atoms with E-state index in [2.05, 4.69) is 54.9 Å². The van der Waals surface area contributed by atoms with Crippen LogP contribution in [0, 0.1) is 5.92 Å². The molecule has 0 aliphatic rings. The van der Waals surface area contributed by atoms with Crippen molar-refractivity contribution in [2.75, 3.05) is 20.8 Å². The van der Waals surface area contributed by atoms with Crippen LogP contribution in [0.5, 0.6) is 0 Å². The summed E-state index contributed by atoms with van der Waals surface area (Å²) in [5.41, 5.74) is 4.24. The van der Waals surface area contributed by atoms with E-state index in [1.165, 1.54) is 7.11 Å². The largest absolute Gasteiger partial charge is 0.467 e. The number of aromatic nitrogens is 1. The zero-order valence-corrected chi connectivity index (χ0v) is 19.9. The average Bonchev–Trinajstić information content (AvgIpc) is 2.85. The van der Waals surface area contributed by atoms with Crippen molar-refractivity contribution in [1.29, 1.82) is 0 Å². The summed E-state index contributed by atoms with van der Waals surface area (Å²) in [4.78, 5) is 12.4. The Morgan fingerprint density at radius 1 is 0.879 bits per heavy atom. The standard InChI is InChI=1S/C28H34NO4/c1-21(2)19-26(28(30)32-4)33-27(23-9-6-5-7-10-23)24-14-12-22(13-15-24)25-11-8-16-29(20-25)17-18-31-3/h5-16,20-21,26-27H,17-19H2,1-4H3/q+1/t26-,27?/m0/s1. The molecule has 2 atom stereocenters. The van der Waals surface area contributed by atoms with Gasteiger partial charge in [-0.25, -0.2) is 9.36 Å². The fraction of sp³-hybridized carbons (Fsp3) is 0.357. The molecule has 174 valence electrons. The van der Waals surface area contributed by atoms with Crippen LogP contribution in [0.3, 0.4) is 0 Å². The van der Waals surface area contributed by atoms with E-state index in [0.717, 1.165) is 28.8 Å². The summed E-state index contributed by atoms with van der Waals surface area (Å²) in [5.74, 6) is -0.0399. The monoisotopic (exact) mass is 448 g/mol. The van der Waals surface area contributed by atoms with Gasteiger partial charge in [0.2, 0.25) is 0 Å². The first kappa shape index (κ1) is 24.6. The van der Waals surface area contributed by atoms with Gasteiger partial charge in [0.25, 0.3) is 0 Å². The van der Waals surface area contributed by atoms with E-state index in [0.29, 0.717) is 18.9 Å².